The van der Waals surface area contributed by atoms with E-state index in [4.69, 9.17) is 0 Å². The number of carbonyl (C=O) groups is 1. The molecule has 0 aliphatic carbocycles. The maximum absolute atomic E-state index is 12.0. The second-order valence-corrected chi connectivity index (χ2v) is 5.75. The van der Waals surface area contributed by atoms with Crippen molar-refractivity contribution in [2.75, 3.05) is 44.3 Å². The first-order valence-electron chi connectivity index (χ1n) is 6.64. The van der Waals surface area contributed by atoms with Gasteiger partial charge in [0.15, 0.2) is 0 Å². The van der Waals surface area contributed by atoms with Gasteiger partial charge in [0.2, 0.25) is 5.91 Å². The molecule has 1 fully saturated rings. The number of hydrogen-bond acceptors (Lipinski definition) is 4. The van der Waals surface area contributed by atoms with Gasteiger partial charge in [-0.15, -0.1) is 11.8 Å². The minimum atomic E-state index is -4.22. The summed E-state index contributed by atoms with van der Waals surface area (Å²) < 4.78 is 36.0. The van der Waals surface area contributed by atoms with Gasteiger partial charge in [-0.05, 0) is 6.42 Å². The highest BCUT2D eigenvalue weighted by Gasteiger charge is 2.29. The minimum Gasteiger partial charge on any atom is -0.395 e. The first-order chi connectivity index (χ1) is 9.37. The highest BCUT2D eigenvalue weighted by Crippen LogP contribution is 2.21. The molecule has 0 bridgehead atoms. The number of amides is 1. The molecule has 20 heavy (non-hydrogen) atoms. The highest BCUT2D eigenvalue weighted by molar-refractivity contribution is 8.00. The van der Waals surface area contributed by atoms with E-state index < -0.39 is 11.9 Å². The molecule has 1 heterocycles. The molecule has 0 aromatic rings. The topological polar surface area (TPSA) is 43.8 Å². The summed E-state index contributed by atoms with van der Waals surface area (Å²) in [7, 11) is 0. The van der Waals surface area contributed by atoms with Crippen LogP contribution in [-0.2, 0) is 4.79 Å². The van der Waals surface area contributed by atoms with Crippen molar-refractivity contribution in [1.29, 1.82) is 0 Å². The summed E-state index contributed by atoms with van der Waals surface area (Å²) in [6.07, 6.45) is -3.38. The van der Waals surface area contributed by atoms with Crippen molar-refractivity contribution in [1.82, 2.24) is 9.80 Å². The molecule has 1 N–H and O–H groups in total. The van der Waals surface area contributed by atoms with Crippen LogP contribution in [0.2, 0.25) is 0 Å². The van der Waals surface area contributed by atoms with E-state index in [1.807, 2.05) is 6.92 Å². The molecule has 1 aliphatic rings. The third kappa shape index (κ3) is 5.88. The zero-order valence-corrected chi connectivity index (χ0v) is 12.3. The molecule has 0 spiro atoms. The second kappa shape index (κ2) is 8.09. The van der Waals surface area contributed by atoms with Crippen LogP contribution in [0.25, 0.3) is 0 Å². The first kappa shape index (κ1) is 17.6. The summed E-state index contributed by atoms with van der Waals surface area (Å²) in [6.45, 7) is 4.44. The highest BCUT2D eigenvalue weighted by atomic mass is 32.2. The van der Waals surface area contributed by atoms with Crippen LogP contribution >= 0.6 is 11.8 Å². The molecule has 0 aromatic heterocycles. The number of hydrogen-bond donors (Lipinski definition) is 1. The van der Waals surface area contributed by atoms with Crippen molar-refractivity contribution >= 4 is 17.7 Å². The molecule has 1 unspecified atom stereocenters. The molecule has 1 rings (SSSR count). The molecule has 0 radical (unpaired) electrons. The maximum Gasteiger partial charge on any atom is 0.397 e. The van der Waals surface area contributed by atoms with Gasteiger partial charge in [-0.25, -0.2) is 0 Å². The molecule has 1 saturated heterocycles. The number of nitrogens with zero attached hydrogens (tertiary/aromatic N) is 2. The van der Waals surface area contributed by atoms with Crippen molar-refractivity contribution in [3.05, 3.63) is 0 Å². The number of carbonyl (C=O) groups excluding carboxylic acids is 1. The molecule has 118 valence electrons. The average molecular weight is 314 g/mol. The lowest BCUT2D eigenvalue weighted by Crippen LogP contribution is -2.53. The monoisotopic (exact) mass is 314 g/mol. The number of alkyl halides is 3. The molecule has 1 atom stereocenters. The van der Waals surface area contributed by atoms with Crippen LogP contribution in [0.15, 0.2) is 0 Å². The normalized spacial score (nSPS) is 19.1. The smallest absolute Gasteiger partial charge is 0.395 e. The Morgan fingerprint density at radius 3 is 2.35 bits per heavy atom. The number of rotatable bonds is 6. The van der Waals surface area contributed by atoms with Crippen molar-refractivity contribution in [3.8, 4) is 0 Å². The number of halogens is 3. The Balaban J connectivity index is 2.28. The van der Waals surface area contributed by atoms with Gasteiger partial charge in [0.1, 0.15) is 0 Å². The van der Waals surface area contributed by atoms with E-state index in [2.05, 4.69) is 4.90 Å². The lowest BCUT2D eigenvalue weighted by atomic mass is 10.1. The Hall–Kier alpha value is -0.470. The summed E-state index contributed by atoms with van der Waals surface area (Å²) in [5.74, 6) is -1.35. The minimum absolute atomic E-state index is 0.0892. The molecule has 8 heteroatoms. The Labute approximate surface area is 121 Å². The van der Waals surface area contributed by atoms with Gasteiger partial charge in [0.25, 0.3) is 0 Å². The Morgan fingerprint density at radius 2 is 1.90 bits per heavy atom. The Morgan fingerprint density at radius 1 is 1.30 bits per heavy atom. The second-order valence-electron chi connectivity index (χ2n) is 4.77. The van der Waals surface area contributed by atoms with Crippen molar-refractivity contribution in [2.24, 2.45) is 0 Å². The first-order valence-corrected chi connectivity index (χ1v) is 7.80. The molecule has 1 amide bonds. The lowest BCUT2D eigenvalue weighted by molar-refractivity contribution is -0.130. The third-order valence-corrected chi connectivity index (χ3v) is 4.34. The van der Waals surface area contributed by atoms with Crippen molar-refractivity contribution in [2.45, 2.75) is 25.6 Å². The fraction of sp³-hybridized carbons (Fsp3) is 0.917. The molecule has 0 aromatic carbocycles. The van der Waals surface area contributed by atoms with Crippen LogP contribution in [0.5, 0.6) is 0 Å². The average Bonchev–Trinajstić information content (AvgIpc) is 2.39. The van der Waals surface area contributed by atoms with E-state index >= 15 is 0 Å². The van der Waals surface area contributed by atoms with Crippen LogP contribution < -0.4 is 0 Å². The van der Waals surface area contributed by atoms with E-state index in [-0.39, 0.29) is 24.3 Å². The fourth-order valence-corrected chi connectivity index (χ4v) is 2.88. The largest absolute Gasteiger partial charge is 0.397 e. The zero-order valence-electron chi connectivity index (χ0n) is 11.5. The van der Waals surface area contributed by atoms with Gasteiger partial charge in [-0.2, -0.15) is 13.2 Å². The predicted molar refractivity (Wildman–Crippen MR) is 72.7 cm³/mol. The van der Waals surface area contributed by atoms with Crippen molar-refractivity contribution in [3.63, 3.8) is 0 Å². The van der Waals surface area contributed by atoms with Gasteiger partial charge in [0.05, 0.1) is 18.1 Å². The van der Waals surface area contributed by atoms with Gasteiger partial charge in [-0.3, -0.25) is 9.69 Å². The quantitative estimate of drug-likeness (QED) is 0.800. The summed E-state index contributed by atoms with van der Waals surface area (Å²) >= 11 is 0.608. The SMILES string of the molecule is CCC(CO)N1CCN(C(=O)CSCC(F)(F)F)CC1. The molecule has 4 nitrogen and oxygen atoms in total. The number of aliphatic hydroxyl groups is 1. The Kier molecular flexibility index (Phi) is 7.11. The van der Waals surface area contributed by atoms with Crippen LogP contribution in [0.4, 0.5) is 13.2 Å². The van der Waals surface area contributed by atoms with Crippen LogP contribution in [-0.4, -0.2) is 77.3 Å². The number of piperazine rings is 1. The summed E-state index contributed by atoms with van der Waals surface area (Å²) in [5.41, 5.74) is 0. The van der Waals surface area contributed by atoms with E-state index in [0.717, 1.165) is 6.42 Å². The van der Waals surface area contributed by atoms with E-state index in [0.29, 0.717) is 37.9 Å². The van der Waals surface area contributed by atoms with E-state index in [1.54, 1.807) is 4.90 Å². The third-order valence-electron chi connectivity index (χ3n) is 3.36. The number of thioether (sulfide) groups is 1. The molecular formula is C12H21F3N2O2S. The zero-order chi connectivity index (χ0) is 15.2. The van der Waals surface area contributed by atoms with Gasteiger partial charge < -0.3 is 10.0 Å². The fourth-order valence-electron chi connectivity index (χ4n) is 2.18. The maximum atomic E-state index is 12.0. The number of aliphatic hydroxyl groups excluding tert-OH is 1. The molecule has 1 aliphatic heterocycles. The molecular weight excluding hydrogens is 293 g/mol. The predicted octanol–water partition coefficient (Wildman–Crippen LogP) is 1.20. The van der Waals surface area contributed by atoms with E-state index in [9.17, 15) is 23.1 Å². The van der Waals surface area contributed by atoms with Gasteiger partial charge in [-0.1, -0.05) is 6.92 Å². The summed E-state index contributed by atoms with van der Waals surface area (Å²) in [4.78, 5) is 15.5. The summed E-state index contributed by atoms with van der Waals surface area (Å²) in [6, 6.07) is 0.104. The lowest BCUT2D eigenvalue weighted by Gasteiger charge is -2.38. The van der Waals surface area contributed by atoms with Gasteiger partial charge in [0, 0.05) is 32.2 Å². The van der Waals surface area contributed by atoms with Crippen LogP contribution in [0.3, 0.4) is 0 Å². The van der Waals surface area contributed by atoms with E-state index in [1.165, 1.54) is 0 Å². The van der Waals surface area contributed by atoms with Crippen LogP contribution in [0.1, 0.15) is 13.3 Å². The van der Waals surface area contributed by atoms with Gasteiger partial charge >= 0.3 is 6.18 Å². The van der Waals surface area contributed by atoms with Crippen molar-refractivity contribution < 1.29 is 23.1 Å². The molecule has 0 saturated carbocycles. The van der Waals surface area contributed by atoms with Crippen LogP contribution in [0, 0.1) is 0 Å². The standard InChI is InChI=1S/C12H21F3N2O2S/c1-2-10(7-18)16-3-5-17(6-4-16)11(19)8-20-9-12(13,14)15/h10,18H,2-9H2,1H3. The summed E-state index contributed by atoms with van der Waals surface area (Å²) in [5, 5.41) is 9.21. The Bertz CT molecular complexity index is 304.